The zero-order chi connectivity index (χ0) is 13.1. The molecule has 100 valence electrons. The molecule has 18 heavy (non-hydrogen) atoms. The van der Waals surface area contributed by atoms with Crippen LogP contribution >= 0.6 is 11.6 Å². The Bertz CT molecular complexity index is 411. The lowest BCUT2D eigenvalue weighted by Crippen LogP contribution is -2.27. The number of hydrogen-bond donors (Lipinski definition) is 1. The van der Waals surface area contributed by atoms with Crippen LogP contribution in [0.15, 0.2) is 12.1 Å². The van der Waals surface area contributed by atoms with Crippen molar-refractivity contribution in [1.29, 1.82) is 0 Å². The van der Waals surface area contributed by atoms with Crippen molar-refractivity contribution in [3.05, 3.63) is 28.3 Å². The second kappa shape index (κ2) is 5.94. The van der Waals surface area contributed by atoms with Crippen LogP contribution in [0, 0.1) is 0 Å². The van der Waals surface area contributed by atoms with Crippen LogP contribution in [-0.2, 0) is 0 Å². The lowest BCUT2D eigenvalue weighted by molar-refractivity contribution is 0.373. The molecule has 1 aliphatic heterocycles. The summed E-state index contributed by atoms with van der Waals surface area (Å²) in [6.07, 6.45) is 3.69. The predicted molar refractivity (Wildman–Crippen MR) is 76.7 cm³/mol. The summed E-state index contributed by atoms with van der Waals surface area (Å²) in [5, 5.41) is 4.40. The maximum Gasteiger partial charge on any atom is 0.124 e. The van der Waals surface area contributed by atoms with Crippen molar-refractivity contribution >= 4 is 11.6 Å². The van der Waals surface area contributed by atoms with Crippen LogP contribution in [0.2, 0.25) is 5.02 Å². The Labute approximate surface area is 115 Å². The average molecular weight is 268 g/mol. The average Bonchev–Trinajstić information content (AvgIpc) is 2.39. The second-order valence-corrected chi connectivity index (χ2v) is 5.68. The van der Waals surface area contributed by atoms with E-state index in [1.165, 1.54) is 18.4 Å². The van der Waals surface area contributed by atoms with E-state index < -0.39 is 0 Å². The molecular weight excluding hydrogens is 246 g/mol. The van der Waals surface area contributed by atoms with Crippen molar-refractivity contribution in [2.75, 3.05) is 13.7 Å². The summed E-state index contributed by atoms with van der Waals surface area (Å²) >= 11 is 6.39. The van der Waals surface area contributed by atoms with Crippen LogP contribution in [0.25, 0.3) is 0 Å². The number of hydrogen-bond acceptors (Lipinski definition) is 2. The highest BCUT2D eigenvalue weighted by atomic mass is 35.5. The molecule has 0 spiro atoms. The third-order valence-corrected chi connectivity index (χ3v) is 3.98. The Hall–Kier alpha value is -0.730. The molecule has 0 bridgehead atoms. The Kier molecular flexibility index (Phi) is 4.52. The van der Waals surface area contributed by atoms with E-state index in [0.717, 1.165) is 29.3 Å². The van der Waals surface area contributed by atoms with Gasteiger partial charge < -0.3 is 10.1 Å². The SMILES string of the molecule is COc1cc(C(C)C)c(Cl)cc1C1CCCCN1. The van der Waals surface area contributed by atoms with Gasteiger partial charge in [0.05, 0.1) is 7.11 Å². The molecule has 0 aromatic heterocycles. The maximum absolute atomic E-state index is 6.39. The van der Waals surface area contributed by atoms with Gasteiger partial charge in [-0.25, -0.2) is 0 Å². The van der Waals surface area contributed by atoms with Crippen LogP contribution in [0.1, 0.15) is 56.2 Å². The van der Waals surface area contributed by atoms with Gasteiger partial charge in [0.25, 0.3) is 0 Å². The van der Waals surface area contributed by atoms with Gasteiger partial charge in [0.1, 0.15) is 5.75 Å². The monoisotopic (exact) mass is 267 g/mol. The molecule has 1 fully saturated rings. The maximum atomic E-state index is 6.39. The standard InChI is InChI=1S/C15H22ClNO/c1-10(2)11-9-15(18-3)12(8-13(11)16)14-6-4-5-7-17-14/h8-10,14,17H,4-7H2,1-3H3. The van der Waals surface area contributed by atoms with Crippen LogP contribution in [-0.4, -0.2) is 13.7 Å². The number of piperidine rings is 1. The minimum Gasteiger partial charge on any atom is -0.496 e. The molecule has 1 N–H and O–H groups in total. The number of methoxy groups -OCH3 is 1. The number of benzene rings is 1. The molecule has 1 aliphatic rings. The number of ether oxygens (including phenoxy) is 1. The van der Waals surface area contributed by atoms with Gasteiger partial charge in [-0.05, 0) is 43.0 Å². The fraction of sp³-hybridized carbons (Fsp3) is 0.600. The molecule has 0 amide bonds. The minimum absolute atomic E-state index is 0.382. The lowest BCUT2D eigenvalue weighted by atomic mass is 9.93. The third-order valence-electron chi connectivity index (χ3n) is 3.66. The summed E-state index contributed by atoms with van der Waals surface area (Å²) in [7, 11) is 1.74. The topological polar surface area (TPSA) is 21.3 Å². The van der Waals surface area contributed by atoms with Crippen molar-refractivity contribution in [3.63, 3.8) is 0 Å². The van der Waals surface area contributed by atoms with E-state index in [1.54, 1.807) is 7.11 Å². The highest BCUT2D eigenvalue weighted by Gasteiger charge is 2.20. The third kappa shape index (κ3) is 2.81. The van der Waals surface area contributed by atoms with Crippen LogP contribution in [0.3, 0.4) is 0 Å². The molecule has 2 rings (SSSR count). The van der Waals surface area contributed by atoms with Gasteiger partial charge in [0.2, 0.25) is 0 Å². The molecule has 0 aliphatic carbocycles. The molecule has 2 nitrogen and oxygen atoms in total. The number of nitrogens with one attached hydrogen (secondary N) is 1. The molecule has 0 radical (unpaired) electrons. The summed E-state index contributed by atoms with van der Waals surface area (Å²) in [6, 6.07) is 4.56. The van der Waals surface area contributed by atoms with Gasteiger partial charge in [-0.3, -0.25) is 0 Å². The fourth-order valence-corrected chi connectivity index (χ4v) is 2.98. The highest BCUT2D eigenvalue weighted by Crippen LogP contribution is 2.37. The van der Waals surface area contributed by atoms with Crippen molar-refractivity contribution in [2.24, 2.45) is 0 Å². The Morgan fingerprint density at radius 3 is 2.67 bits per heavy atom. The van der Waals surface area contributed by atoms with Gasteiger partial charge in [-0.1, -0.05) is 31.9 Å². The predicted octanol–water partition coefficient (Wildman–Crippen LogP) is 4.29. The summed E-state index contributed by atoms with van der Waals surface area (Å²) in [5.74, 6) is 1.38. The second-order valence-electron chi connectivity index (χ2n) is 5.27. The quantitative estimate of drug-likeness (QED) is 0.882. The molecule has 1 aromatic carbocycles. The molecule has 1 atom stereocenters. The molecule has 1 saturated heterocycles. The first kappa shape index (κ1) is 13.7. The summed E-state index contributed by atoms with van der Waals surface area (Å²) < 4.78 is 5.55. The normalized spacial score (nSPS) is 20.2. The van der Waals surface area contributed by atoms with E-state index in [1.807, 2.05) is 0 Å². The number of halogens is 1. The Morgan fingerprint density at radius 1 is 1.33 bits per heavy atom. The summed E-state index contributed by atoms with van der Waals surface area (Å²) in [4.78, 5) is 0. The van der Waals surface area contributed by atoms with E-state index in [2.05, 4.69) is 31.3 Å². The van der Waals surface area contributed by atoms with Gasteiger partial charge in [-0.2, -0.15) is 0 Å². The van der Waals surface area contributed by atoms with Crippen LogP contribution in [0.5, 0.6) is 5.75 Å². The summed E-state index contributed by atoms with van der Waals surface area (Å²) in [5.41, 5.74) is 2.36. The van der Waals surface area contributed by atoms with E-state index >= 15 is 0 Å². The Morgan fingerprint density at radius 2 is 2.11 bits per heavy atom. The van der Waals surface area contributed by atoms with Crippen LogP contribution in [0.4, 0.5) is 0 Å². The van der Waals surface area contributed by atoms with Crippen molar-refractivity contribution in [2.45, 2.75) is 45.1 Å². The first-order valence-electron chi connectivity index (χ1n) is 6.74. The zero-order valence-electron chi connectivity index (χ0n) is 11.4. The van der Waals surface area contributed by atoms with E-state index in [-0.39, 0.29) is 0 Å². The van der Waals surface area contributed by atoms with Crippen molar-refractivity contribution in [3.8, 4) is 5.75 Å². The zero-order valence-corrected chi connectivity index (χ0v) is 12.2. The Balaban J connectivity index is 2.37. The van der Waals surface area contributed by atoms with Gasteiger partial charge in [0, 0.05) is 16.6 Å². The van der Waals surface area contributed by atoms with Crippen molar-refractivity contribution in [1.82, 2.24) is 5.32 Å². The van der Waals surface area contributed by atoms with E-state index in [9.17, 15) is 0 Å². The van der Waals surface area contributed by atoms with Crippen molar-refractivity contribution < 1.29 is 4.74 Å². The van der Waals surface area contributed by atoms with E-state index in [4.69, 9.17) is 16.3 Å². The van der Waals surface area contributed by atoms with Gasteiger partial charge in [0.15, 0.2) is 0 Å². The minimum atomic E-state index is 0.382. The molecule has 1 heterocycles. The summed E-state index contributed by atoms with van der Waals surface area (Å²) in [6.45, 7) is 5.38. The molecule has 1 aromatic rings. The van der Waals surface area contributed by atoms with Gasteiger partial charge in [-0.15, -0.1) is 0 Å². The number of rotatable bonds is 3. The smallest absolute Gasteiger partial charge is 0.124 e. The lowest BCUT2D eigenvalue weighted by Gasteiger charge is -2.26. The first-order chi connectivity index (χ1) is 8.63. The highest BCUT2D eigenvalue weighted by molar-refractivity contribution is 6.31. The molecule has 3 heteroatoms. The molecular formula is C15H22ClNO. The van der Waals surface area contributed by atoms with Crippen LogP contribution < -0.4 is 10.1 Å². The molecule has 1 unspecified atom stereocenters. The first-order valence-corrected chi connectivity index (χ1v) is 7.12. The molecule has 0 saturated carbocycles. The van der Waals surface area contributed by atoms with E-state index in [0.29, 0.717) is 12.0 Å². The largest absolute Gasteiger partial charge is 0.496 e. The fourth-order valence-electron chi connectivity index (χ4n) is 2.59. The van der Waals surface area contributed by atoms with Gasteiger partial charge >= 0.3 is 0 Å².